The molecule has 0 aliphatic rings. The Morgan fingerprint density at radius 1 is 1.10 bits per heavy atom. The largest absolute Gasteiger partial charge is 0.497 e. The standard InChI is InChI=1S/C23H25NO5/c1-4-16-7-10-20-18(14-28-21(20)11-16)12-22(25)29-15(2)23(26)24-13-17-5-8-19(27-3)9-6-17/h5-11,14-15H,4,12-13H2,1-3H3,(H,24,26)/t15-/m0/s1. The first-order valence-corrected chi connectivity index (χ1v) is 9.59. The molecule has 0 saturated carbocycles. The van der Waals surface area contributed by atoms with E-state index in [-0.39, 0.29) is 12.3 Å². The van der Waals surface area contributed by atoms with Gasteiger partial charge in [0.15, 0.2) is 6.10 Å². The summed E-state index contributed by atoms with van der Waals surface area (Å²) in [6.45, 7) is 3.97. The number of carbonyl (C=O) groups excluding carboxylic acids is 2. The van der Waals surface area contributed by atoms with Crippen LogP contribution in [0.25, 0.3) is 11.0 Å². The first kappa shape index (κ1) is 20.5. The molecule has 0 saturated heterocycles. The first-order chi connectivity index (χ1) is 14.0. The van der Waals surface area contributed by atoms with Gasteiger partial charge in [0.2, 0.25) is 0 Å². The van der Waals surface area contributed by atoms with E-state index in [1.807, 2.05) is 42.5 Å². The molecule has 1 aromatic heterocycles. The van der Waals surface area contributed by atoms with Crippen LogP contribution < -0.4 is 10.1 Å². The van der Waals surface area contributed by atoms with Crippen LogP contribution in [0.5, 0.6) is 5.75 Å². The van der Waals surface area contributed by atoms with Crippen molar-refractivity contribution in [3.8, 4) is 5.75 Å². The van der Waals surface area contributed by atoms with Crippen LogP contribution in [0.2, 0.25) is 0 Å². The number of furan rings is 1. The van der Waals surface area contributed by atoms with Gasteiger partial charge in [-0.2, -0.15) is 0 Å². The van der Waals surface area contributed by atoms with Gasteiger partial charge in [0.05, 0.1) is 19.8 Å². The van der Waals surface area contributed by atoms with Crippen LogP contribution in [0, 0.1) is 0 Å². The summed E-state index contributed by atoms with van der Waals surface area (Å²) < 4.78 is 16.0. The van der Waals surface area contributed by atoms with Gasteiger partial charge in [-0.3, -0.25) is 9.59 Å². The molecule has 0 aliphatic carbocycles. The van der Waals surface area contributed by atoms with Crippen molar-refractivity contribution in [2.75, 3.05) is 7.11 Å². The molecule has 6 heteroatoms. The number of ether oxygens (including phenoxy) is 2. The Bertz CT molecular complexity index is 990. The fraction of sp³-hybridized carbons (Fsp3) is 0.304. The number of fused-ring (bicyclic) bond motifs is 1. The number of hydrogen-bond donors (Lipinski definition) is 1. The Labute approximate surface area is 169 Å². The Balaban J connectivity index is 1.52. The summed E-state index contributed by atoms with van der Waals surface area (Å²) in [5.41, 5.74) is 3.59. The normalized spacial score (nSPS) is 11.8. The van der Waals surface area contributed by atoms with E-state index in [4.69, 9.17) is 13.9 Å². The predicted octanol–water partition coefficient (Wildman–Crippen LogP) is 3.79. The summed E-state index contributed by atoms with van der Waals surface area (Å²) in [5.74, 6) is -0.0711. The van der Waals surface area contributed by atoms with E-state index in [0.29, 0.717) is 6.54 Å². The molecule has 1 atom stereocenters. The number of carbonyl (C=O) groups is 2. The zero-order valence-corrected chi connectivity index (χ0v) is 16.9. The number of benzene rings is 2. The number of methoxy groups -OCH3 is 1. The molecule has 0 spiro atoms. The maximum absolute atomic E-state index is 12.3. The molecule has 1 N–H and O–H groups in total. The number of nitrogens with one attached hydrogen (secondary N) is 1. The van der Waals surface area contributed by atoms with Crippen LogP contribution >= 0.6 is 0 Å². The molecule has 0 aliphatic heterocycles. The molecule has 1 heterocycles. The maximum atomic E-state index is 12.3. The van der Waals surface area contributed by atoms with Crippen LogP contribution in [-0.4, -0.2) is 25.1 Å². The Morgan fingerprint density at radius 2 is 1.83 bits per heavy atom. The van der Waals surface area contributed by atoms with Crippen molar-refractivity contribution in [3.63, 3.8) is 0 Å². The van der Waals surface area contributed by atoms with E-state index in [9.17, 15) is 9.59 Å². The fourth-order valence-corrected chi connectivity index (χ4v) is 3.01. The average molecular weight is 395 g/mol. The lowest BCUT2D eigenvalue weighted by atomic mass is 10.1. The molecule has 1 amide bonds. The van der Waals surface area contributed by atoms with Crippen molar-refractivity contribution >= 4 is 22.8 Å². The predicted molar refractivity (Wildman–Crippen MR) is 110 cm³/mol. The van der Waals surface area contributed by atoms with E-state index in [2.05, 4.69) is 12.2 Å². The minimum atomic E-state index is -0.884. The Kier molecular flexibility index (Phi) is 6.54. The van der Waals surface area contributed by atoms with E-state index in [0.717, 1.165) is 34.3 Å². The second kappa shape index (κ2) is 9.28. The molecule has 0 bridgehead atoms. The number of esters is 1. The van der Waals surface area contributed by atoms with Crippen molar-refractivity contribution in [2.24, 2.45) is 0 Å². The third-order valence-corrected chi connectivity index (χ3v) is 4.77. The lowest BCUT2D eigenvalue weighted by molar-refractivity contribution is -0.154. The fourth-order valence-electron chi connectivity index (χ4n) is 3.01. The maximum Gasteiger partial charge on any atom is 0.311 e. The highest BCUT2D eigenvalue weighted by Gasteiger charge is 2.19. The van der Waals surface area contributed by atoms with Gasteiger partial charge in [0, 0.05) is 17.5 Å². The van der Waals surface area contributed by atoms with Crippen molar-refractivity contribution in [2.45, 2.75) is 39.3 Å². The lowest BCUT2D eigenvalue weighted by Crippen LogP contribution is -2.35. The van der Waals surface area contributed by atoms with Gasteiger partial charge in [-0.25, -0.2) is 0 Å². The van der Waals surface area contributed by atoms with E-state index in [1.54, 1.807) is 20.3 Å². The van der Waals surface area contributed by atoms with Gasteiger partial charge >= 0.3 is 5.97 Å². The van der Waals surface area contributed by atoms with Crippen LogP contribution in [0.4, 0.5) is 0 Å². The van der Waals surface area contributed by atoms with Crippen molar-refractivity contribution in [3.05, 3.63) is 65.4 Å². The summed E-state index contributed by atoms with van der Waals surface area (Å²) in [4.78, 5) is 24.5. The van der Waals surface area contributed by atoms with Crippen LogP contribution in [0.1, 0.15) is 30.5 Å². The topological polar surface area (TPSA) is 77.8 Å². The zero-order valence-electron chi connectivity index (χ0n) is 16.9. The van der Waals surface area contributed by atoms with Crippen LogP contribution in [0.15, 0.2) is 53.1 Å². The number of rotatable bonds is 8. The number of hydrogen-bond acceptors (Lipinski definition) is 5. The second-order valence-corrected chi connectivity index (χ2v) is 6.82. The van der Waals surface area contributed by atoms with Gasteiger partial charge in [0.1, 0.15) is 11.3 Å². The van der Waals surface area contributed by atoms with Crippen LogP contribution in [0.3, 0.4) is 0 Å². The van der Waals surface area contributed by atoms with Crippen LogP contribution in [-0.2, 0) is 33.7 Å². The smallest absolute Gasteiger partial charge is 0.311 e. The molecule has 0 radical (unpaired) electrons. The molecule has 29 heavy (non-hydrogen) atoms. The van der Waals surface area contributed by atoms with Crippen molar-refractivity contribution in [1.82, 2.24) is 5.32 Å². The molecule has 152 valence electrons. The van der Waals surface area contributed by atoms with Gasteiger partial charge < -0.3 is 19.2 Å². The van der Waals surface area contributed by atoms with Gasteiger partial charge in [0.25, 0.3) is 5.91 Å². The number of aryl methyl sites for hydroxylation is 1. The highest BCUT2D eigenvalue weighted by atomic mass is 16.5. The third-order valence-electron chi connectivity index (χ3n) is 4.77. The third kappa shape index (κ3) is 5.16. The molecule has 2 aromatic carbocycles. The Morgan fingerprint density at radius 3 is 2.52 bits per heavy atom. The molecular weight excluding hydrogens is 370 g/mol. The summed E-state index contributed by atoms with van der Waals surface area (Å²) in [5, 5.41) is 3.65. The molecule has 6 nitrogen and oxygen atoms in total. The van der Waals surface area contributed by atoms with Gasteiger partial charge in [-0.15, -0.1) is 0 Å². The summed E-state index contributed by atoms with van der Waals surface area (Å²) >= 11 is 0. The zero-order chi connectivity index (χ0) is 20.8. The minimum Gasteiger partial charge on any atom is -0.497 e. The minimum absolute atomic E-state index is 0.0502. The highest BCUT2D eigenvalue weighted by molar-refractivity contribution is 5.88. The quantitative estimate of drug-likeness (QED) is 0.587. The van der Waals surface area contributed by atoms with E-state index < -0.39 is 12.1 Å². The van der Waals surface area contributed by atoms with E-state index >= 15 is 0 Å². The highest BCUT2D eigenvalue weighted by Crippen LogP contribution is 2.23. The molecule has 3 rings (SSSR count). The second-order valence-electron chi connectivity index (χ2n) is 6.82. The summed E-state index contributed by atoms with van der Waals surface area (Å²) in [6, 6.07) is 13.3. The van der Waals surface area contributed by atoms with Gasteiger partial charge in [-0.05, 0) is 42.7 Å². The Hall–Kier alpha value is -3.28. The average Bonchev–Trinajstić information content (AvgIpc) is 3.13. The summed E-state index contributed by atoms with van der Waals surface area (Å²) in [6.07, 6.45) is 1.65. The molecule has 0 fully saturated rings. The van der Waals surface area contributed by atoms with Crippen molar-refractivity contribution in [1.29, 1.82) is 0 Å². The lowest BCUT2D eigenvalue weighted by Gasteiger charge is -2.13. The summed E-state index contributed by atoms with van der Waals surface area (Å²) in [7, 11) is 1.60. The molecule has 3 aromatic rings. The van der Waals surface area contributed by atoms with Crippen molar-refractivity contribution < 1.29 is 23.5 Å². The first-order valence-electron chi connectivity index (χ1n) is 9.59. The monoisotopic (exact) mass is 395 g/mol. The SMILES string of the molecule is CCc1ccc2c(CC(=O)O[C@@H](C)C(=O)NCc3ccc(OC)cc3)coc2c1. The molecular formula is C23H25NO5. The molecule has 0 unspecified atom stereocenters. The van der Waals surface area contributed by atoms with E-state index in [1.165, 1.54) is 5.56 Å². The number of amides is 1. The van der Waals surface area contributed by atoms with Gasteiger partial charge in [-0.1, -0.05) is 31.2 Å².